The minimum atomic E-state index is 0.778. The lowest BCUT2D eigenvalue weighted by Crippen LogP contribution is -2.06. The summed E-state index contributed by atoms with van der Waals surface area (Å²) in [5.74, 6) is 0.854. The summed E-state index contributed by atoms with van der Waals surface area (Å²) in [4.78, 5) is 2.21. The third kappa shape index (κ3) is 3.66. The molecular formula is C15H16ClNOS. The van der Waals surface area contributed by atoms with Crippen molar-refractivity contribution in [2.24, 2.45) is 0 Å². The van der Waals surface area contributed by atoms with E-state index in [2.05, 4.69) is 17.4 Å². The van der Waals surface area contributed by atoms with Crippen LogP contribution in [0.1, 0.15) is 5.56 Å². The van der Waals surface area contributed by atoms with E-state index in [4.69, 9.17) is 16.3 Å². The summed E-state index contributed by atoms with van der Waals surface area (Å²) >= 11 is 7.97. The molecule has 0 aliphatic rings. The van der Waals surface area contributed by atoms with Gasteiger partial charge in [0, 0.05) is 16.3 Å². The zero-order chi connectivity index (χ0) is 13.7. The van der Waals surface area contributed by atoms with Crippen molar-refractivity contribution >= 4 is 23.4 Å². The van der Waals surface area contributed by atoms with Gasteiger partial charge < -0.3 is 10.1 Å². The maximum atomic E-state index is 6.31. The highest BCUT2D eigenvalue weighted by Crippen LogP contribution is 2.37. The molecule has 0 atom stereocenters. The first-order valence-corrected chi connectivity index (χ1v) is 7.18. The van der Waals surface area contributed by atoms with Crippen LogP contribution in [0.25, 0.3) is 0 Å². The summed E-state index contributed by atoms with van der Waals surface area (Å²) in [7, 11) is 3.60. The van der Waals surface area contributed by atoms with Gasteiger partial charge in [-0.2, -0.15) is 0 Å². The molecule has 1 N–H and O–H groups in total. The Morgan fingerprint density at radius 1 is 1.21 bits per heavy atom. The average Bonchev–Trinajstić information content (AvgIpc) is 2.43. The Hall–Kier alpha value is -1.16. The van der Waals surface area contributed by atoms with Gasteiger partial charge in [-0.05, 0) is 36.9 Å². The summed E-state index contributed by atoms with van der Waals surface area (Å²) in [5.41, 5.74) is 1.20. The van der Waals surface area contributed by atoms with Crippen LogP contribution < -0.4 is 10.1 Å². The lowest BCUT2D eigenvalue weighted by molar-refractivity contribution is 0.413. The molecule has 19 heavy (non-hydrogen) atoms. The Morgan fingerprint density at radius 2 is 2.00 bits per heavy atom. The molecule has 0 saturated carbocycles. The monoisotopic (exact) mass is 293 g/mol. The Bertz CT molecular complexity index is 560. The number of ether oxygens (including phenoxy) is 1. The highest BCUT2D eigenvalue weighted by atomic mass is 35.5. The molecule has 0 saturated heterocycles. The van der Waals surface area contributed by atoms with E-state index in [-0.39, 0.29) is 0 Å². The van der Waals surface area contributed by atoms with Crippen LogP contribution in [0.15, 0.2) is 52.3 Å². The number of nitrogens with one attached hydrogen (secondary N) is 1. The van der Waals surface area contributed by atoms with E-state index >= 15 is 0 Å². The molecule has 2 rings (SSSR count). The van der Waals surface area contributed by atoms with E-state index in [1.165, 1.54) is 5.56 Å². The van der Waals surface area contributed by atoms with Crippen LogP contribution in [-0.4, -0.2) is 14.2 Å². The molecule has 0 bridgehead atoms. The normalized spacial score (nSPS) is 10.5. The Balaban J connectivity index is 2.31. The summed E-state index contributed by atoms with van der Waals surface area (Å²) in [6.45, 7) is 0.798. The molecule has 0 heterocycles. The van der Waals surface area contributed by atoms with Crippen LogP contribution >= 0.6 is 23.4 Å². The summed E-state index contributed by atoms with van der Waals surface area (Å²) in [5, 5.41) is 3.94. The molecule has 0 fully saturated rings. The number of rotatable bonds is 5. The van der Waals surface area contributed by atoms with Crippen molar-refractivity contribution in [1.29, 1.82) is 0 Å². The number of methoxy groups -OCH3 is 1. The smallest absolute Gasteiger partial charge is 0.119 e. The standard InChI is InChI=1S/C15H16ClNOS/c1-17-10-11-5-3-8-14(16)15(11)19-13-7-4-6-12(9-13)18-2/h3-9,17H,10H2,1-2H3. The minimum absolute atomic E-state index is 0.778. The number of hydrogen-bond donors (Lipinski definition) is 1. The quantitative estimate of drug-likeness (QED) is 0.892. The SMILES string of the molecule is CNCc1cccc(Cl)c1Sc1cccc(OC)c1. The van der Waals surface area contributed by atoms with Gasteiger partial charge in [-0.1, -0.05) is 41.6 Å². The molecule has 100 valence electrons. The first kappa shape index (κ1) is 14.3. The maximum absolute atomic E-state index is 6.31. The molecule has 0 unspecified atom stereocenters. The van der Waals surface area contributed by atoms with E-state index in [1.54, 1.807) is 18.9 Å². The molecule has 0 aliphatic heterocycles. The number of benzene rings is 2. The molecule has 0 radical (unpaired) electrons. The predicted octanol–water partition coefficient (Wildman–Crippen LogP) is 4.22. The van der Waals surface area contributed by atoms with Crippen LogP contribution in [0.4, 0.5) is 0 Å². The summed E-state index contributed by atoms with van der Waals surface area (Å²) in [6, 6.07) is 14.0. The average molecular weight is 294 g/mol. The third-order valence-electron chi connectivity index (χ3n) is 2.68. The van der Waals surface area contributed by atoms with Crippen LogP contribution in [0, 0.1) is 0 Å². The van der Waals surface area contributed by atoms with Crippen molar-refractivity contribution in [3.8, 4) is 5.75 Å². The van der Waals surface area contributed by atoms with Gasteiger partial charge in [0.2, 0.25) is 0 Å². The van der Waals surface area contributed by atoms with Gasteiger partial charge in [-0.15, -0.1) is 0 Å². The van der Waals surface area contributed by atoms with Crippen molar-refractivity contribution in [3.05, 3.63) is 53.1 Å². The topological polar surface area (TPSA) is 21.3 Å². The molecule has 2 aromatic carbocycles. The van der Waals surface area contributed by atoms with E-state index in [1.807, 2.05) is 37.4 Å². The largest absolute Gasteiger partial charge is 0.497 e. The Morgan fingerprint density at radius 3 is 2.74 bits per heavy atom. The van der Waals surface area contributed by atoms with Gasteiger partial charge in [0.25, 0.3) is 0 Å². The third-order valence-corrected chi connectivity index (χ3v) is 4.28. The van der Waals surface area contributed by atoms with Crippen LogP contribution in [0.2, 0.25) is 5.02 Å². The first-order chi connectivity index (χ1) is 9.24. The van der Waals surface area contributed by atoms with Crippen molar-refractivity contribution < 1.29 is 4.74 Å². The van der Waals surface area contributed by atoms with Gasteiger partial charge >= 0.3 is 0 Å². The van der Waals surface area contributed by atoms with E-state index in [0.717, 1.165) is 27.1 Å². The molecular weight excluding hydrogens is 278 g/mol. The van der Waals surface area contributed by atoms with E-state index in [9.17, 15) is 0 Å². The Kier molecular flexibility index (Phi) is 5.14. The maximum Gasteiger partial charge on any atom is 0.119 e. The fourth-order valence-electron chi connectivity index (χ4n) is 1.78. The fraction of sp³-hybridized carbons (Fsp3) is 0.200. The highest BCUT2D eigenvalue weighted by Gasteiger charge is 2.09. The van der Waals surface area contributed by atoms with Crippen molar-refractivity contribution in [2.75, 3.05) is 14.2 Å². The van der Waals surface area contributed by atoms with Crippen molar-refractivity contribution in [1.82, 2.24) is 5.32 Å². The fourth-order valence-corrected chi connectivity index (χ4v) is 3.08. The van der Waals surface area contributed by atoms with Gasteiger partial charge in [-0.3, -0.25) is 0 Å². The lowest BCUT2D eigenvalue weighted by atomic mass is 10.2. The van der Waals surface area contributed by atoms with E-state index < -0.39 is 0 Å². The molecule has 0 aromatic heterocycles. The van der Waals surface area contributed by atoms with E-state index in [0.29, 0.717) is 0 Å². The second-order valence-electron chi connectivity index (χ2n) is 4.04. The predicted molar refractivity (Wildman–Crippen MR) is 81.3 cm³/mol. The first-order valence-electron chi connectivity index (χ1n) is 5.98. The van der Waals surface area contributed by atoms with Crippen molar-refractivity contribution in [3.63, 3.8) is 0 Å². The van der Waals surface area contributed by atoms with Crippen LogP contribution in [0.3, 0.4) is 0 Å². The highest BCUT2D eigenvalue weighted by molar-refractivity contribution is 7.99. The molecule has 0 spiro atoms. The van der Waals surface area contributed by atoms with Crippen LogP contribution in [-0.2, 0) is 6.54 Å². The second kappa shape index (κ2) is 6.85. The van der Waals surface area contributed by atoms with Crippen LogP contribution in [0.5, 0.6) is 5.75 Å². The summed E-state index contributed by atoms with van der Waals surface area (Å²) in [6.07, 6.45) is 0. The molecule has 0 amide bonds. The number of hydrogen-bond acceptors (Lipinski definition) is 3. The minimum Gasteiger partial charge on any atom is -0.497 e. The molecule has 2 nitrogen and oxygen atoms in total. The zero-order valence-electron chi connectivity index (χ0n) is 10.9. The van der Waals surface area contributed by atoms with Gasteiger partial charge in [0.1, 0.15) is 5.75 Å². The van der Waals surface area contributed by atoms with Crippen molar-refractivity contribution in [2.45, 2.75) is 16.3 Å². The van der Waals surface area contributed by atoms with Gasteiger partial charge in [0.05, 0.1) is 12.1 Å². The lowest BCUT2D eigenvalue weighted by Gasteiger charge is -2.11. The Labute approximate surface area is 123 Å². The molecule has 0 aliphatic carbocycles. The van der Waals surface area contributed by atoms with Gasteiger partial charge in [0.15, 0.2) is 0 Å². The number of halogens is 1. The molecule has 2 aromatic rings. The zero-order valence-corrected chi connectivity index (χ0v) is 12.5. The summed E-state index contributed by atoms with van der Waals surface area (Å²) < 4.78 is 5.24. The molecule has 4 heteroatoms. The second-order valence-corrected chi connectivity index (χ2v) is 5.53. The van der Waals surface area contributed by atoms with Gasteiger partial charge in [-0.25, -0.2) is 0 Å².